The Balaban J connectivity index is 0.000000180. The first-order chi connectivity index (χ1) is 8.66. The molecule has 3 amide bonds. The monoisotopic (exact) mass is 268 g/mol. The van der Waals surface area contributed by atoms with Crippen molar-refractivity contribution in [3.8, 4) is 0 Å². The number of nitrogens with one attached hydrogen (secondary N) is 2. The normalized spacial score (nSPS) is 18.1. The number of rotatable bonds is 0. The van der Waals surface area contributed by atoms with Crippen molar-refractivity contribution in [3.63, 3.8) is 0 Å². The Morgan fingerprint density at radius 2 is 1.78 bits per heavy atom. The standard InChI is InChI=1S/C6H9NO2.C6H5NOS.H2/c8-5-3-1-2-4-6(9)7-5;8-6-4-1-2-9-5(4)3-7-6;/h1-4H2,(H,7,8,9);1-2H,3H2,(H,7,8);1H. The fourth-order valence-corrected chi connectivity index (χ4v) is 2.60. The minimum absolute atomic E-state index is 0. The van der Waals surface area contributed by atoms with E-state index in [-0.39, 0.29) is 19.1 Å². The molecule has 0 aliphatic carbocycles. The summed E-state index contributed by atoms with van der Waals surface area (Å²) in [5.41, 5.74) is 0.861. The maximum atomic E-state index is 10.8. The van der Waals surface area contributed by atoms with Crippen molar-refractivity contribution < 1.29 is 15.8 Å². The van der Waals surface area contributed by atoms with Crippen molar-refractivity contribution in [2.24, 2.45) is 0 Å². The molecule has 1 fully saturated rings. The van der Waals surface area contributed by atoms with E-state index in [9.17, 15) is 14.4 Å². The van der Waals surface area contributed by atoms with Crippen LogP contribution in [0.2, 0.25) is 0 Å². The molecule has 0 aromatic carbocycles. The number of carbonyl (C=O) groups is 3. The quantitative estimate of drug-likeness (QED) is 0.699. The van der Waals surface area contributed by atoms with Gasteiger partial charge >= 0.3 is 0 Å². The molecule has 98 valence electrons. The number of imide groups is 1. The topological polar surface area (TPSA) is 75.3 Å². The molecule has 3 heterocycles. The Bertz CT molecular complexity index is 471. The van der Waals surface area contributed by atoms with Gasteiger partial charge in [-0.15, -0.1) is 11.3 Å². The fraction of sp³-hybridized carbons (Fsp3) is 0.417. The second-order valence-corrected chi connectivity index (χ2v) is 5.12. The summed E-state index contributed by atoms with van der Waals surface area (Å²) in [5.74, 6) is -0.179. The summed E-state index contributed by atoms with van der Waals surface area (Å²) in [4.78, 5) is 33.1. The summed E-state index contributed by atoms with van der Waals surface area (Å²) in [6.45, 7) is 0.728. The number of thiophene rings is 1. The number of fused-ring (bicyclic) bond motifs is 1. The van der Waals surface area contributed by atoms with Gasteiger partial charge in [0.2, 0.25) is 11.8 Å². The molecule has 2 aliphatic heterocycles. The minimum Gasteiger partial charge on any atom is -0.347 e. The second kappa shape index (κ2) is 5.77. The Hall–Kier alpha value is -1.69. The molecule has 1 aromatic rings. The Kier molecular flexibility index (Phi) is 4.09. The molecule has 2 aliphatic rings. The van der Waals surface area contributed by atoms with Gasteiger partial charge in [0.1, 0.15) is 0 Å². The first kappa shape index (κ1) is 12.8. The molecule has 0 unspecified atom stereocenters. The molecule has 0 saturated carbocycles. The van der Waals surface area contributed by atoms with Crippen LogP contribution in [0, 0.1) is 0 Å². The van der Waals surface area contributed by atoms with Crippen LogP contribution in [0.15, 0.2) is 11.4 Å². The van der Waals surface area contributed by atoms with Gasteiger partial charge in [-0.3, -0.25) is 19.7 Å². The molecule has 3 rings (SSSR count). The molecule has 0 bridgehead atoms. The van der Waals surface area contributed by atoms with E-state index < -0.39 is 0 Å². The smallest absolute Gasteiger partial charge is 0.252 e. The number of hydrogen-bond acceptors (Lipinski definition) is 4. The largest absolute Gasteiger partial charge is 0.347 e. The molecule has 0 atom stereocenters. The molecular formula is C12H16N2O3S. The third-order valence-corrected chi connectivity index (χ3v) is 3.66. The van der Waals surface area contributed by atoms with Gasteiger partial charge in [-0.25, -0.2) is 0 Å². The molecule has 0 spiro atoms. The zero-order valence-corrected chi connectivity index (χ0v) is 10.6. The highest BCUT2D eigenvalue weighted by Gasteiger charge is 2.18. The molecule has 5 nitrogen and oxygen atoms in total. The fourth-order valence-electron chi connectivity index (χ4n) is 1.79. The highest BCUT2D eigenvalue weighted by molar-refractivity contribution is 7.10. The van der Waals surface area contributed by atoms with Crippen LogP contribution < -0.4 is 10.6 Å². The van der Waals surface area contributed by atoms with Crippen molar-refractivity contribution in [1.29, 1.82) is 0 Å². The average Bonchev–Trinajstić information content (AvgIpc) is 2.86. The average molecular weight is 268 g/mol. The zero-order valence-electron chi connectivity index (χ0n) is 9.82. The van der Waals surface area contributed by atoms with Crippen LogP contribution in [-0.2, 0) is 16.1 Å². The van der Waals surface area contributed by atoms with E-state index in [4.69, 9.17) is 0 Å². The number of hydrogen-bond donors (Lipinski definition) is 2. The summed E-state index contributed by atoms with van der Waals surface area (Å²) in [6, 6.07) is 1.86. The van der Waals surface area contributed by atoms with E-state index in [2.05, 4.69) is 10.6 Å². The van der Waals surface area contributed by atoms with E-state index in [1.54, 1.807) is 11.3 Å². The van der Waals surface area contributed by atoms with Crippen LogP contribution in [-0.4, -0.2) is 17.7 Å². The van der Waals surface area contributed by atoms with Crippen molar-refractivity contribution in [3.05, 3.63) is 21.9 Å². The Morgan fingerprint density at radius 1 is 1.11 bits per heavy atom. The summed E-state index contributed by atoms with van der Waals surface area (Å²) < 4.78 is 0. The summed E-state index contributed by atoms with van der Waals surface area (Å²) in [6.07, 6.45) is 2.70. The van der Waals surface area contributed by atoms with Gasteiger partial charge in [0.05, 0.1) is 12.1 Å². The lowest BCUT2D eigenvalue weighted by atomic mass is 10.2. The van der Waals surface area contributed by atoms with Crippen LogP contribution >= 0.6 is 11.3 Å². The van der Waals surface area contributed by atoms with Crippen LogP contribution in [0.25, 0.3) is 0 Å². The van der Waals surface area contributed by atoms with Gasteiger partial charge in [-0.1, -0.05) is 0 Å². The number of amides is 3. The molecular weight excluding hydrogens is 252 g/mol. The lowest BCUT2D eigenvalue weighted by Crippen LogP contribution is -2.27. The molecule has 2 N–H and O–H groups in total. The van der Waals surface area contributed by atoms with E-state index in [1.807, 2.05) is 11.4 Å². The molecule has 1 saturated heterocycles. The van der Waals surface area contributed by atoms with Crippen molar-refractivity contribution >= 4 is 29.1 Å². The van der Waals surface area contributed by atoms with E-state index in [1.165, 1.54) is 4.88 Å². The SMILES string of the molecule is O=C1CCCCC(=O)N1.O=C1NCc2sccc21.[HH]. The van der Waals surface area contributed by atoms with Crippen LogP contribution in [0.3, 0.4) is 0 Å². The Morgan fingerprint density at radius 3 is 2.39 bits per heavy atom. The Labute approximate surface area is 110 Å². The van der Waals surface area contributed by atoms with Gasteiger partial charge in [0.15, 0.2) is 0 Å². The van der Waals surface area contributed by atoms with E-state index >= 15 is 0 Å². The van der Waals surface area contributed by atoms with Crippen LogP contribution in [0.1, 0.15) is 42.3 Å². The highest BCUT2D eigenvalue weighted by atomic mass is 32.1. The minimum atomic E-state index is -0.127. The predicted octanol–water partition coefficient (Wildman–Crippen LogP) is 1.44. The maximum Gasteiger partial charge on any atom is 0.252 e. The van der Waals surface area contributed by atoms with Crippen molar-refractivity contribution in [2.45, 2.75) is 32.2 Å². The van der Waals surface area contributed by atoms with Gasteiger partial charge in [0, 0.05) is 19.1 Å². The van der Waals surface area contributed by atoms with Gasteiger partial charge in [0.25, 0.3) is 5.91 Å². The number of carbonyl (C=O) groups excluding carboxylic acids is 3. The highest BCUT2D eigenvalue weighted by Crippen LogP contribution is 2.20. The second-order valence-electron chi connectivity index (χ2n) is 4.12. The lowest BCUT2D eigenvalue weighted by Gasteiger charge is -1.93. The zero-order chi connectivity index (χ0) is 13.0. The van der Waals surface area contributed by atoms with Gasteiger partial charge in [-0.05, 0) is 24.3 Å². The maximum absolute atomic E-state index is 10.8. The van der Waals surface area contributed by atoms with E-state index in [0.29, 0.717) is 12.8 Å². The molecule has 6 heteroatoms. The van der Waals surface area contributed by atoms with Crippen LogP contribution in [0.5, 0.6) is 0 Å². The molecule has 0 radical (unpaired) electrons. The van der Waals surface area contributed by atoms with Gasteiger partial charge in [-0.2, -0.15) is 0 Å². The third kappa shape index (κ3) is 3.16. The molecule has 1 aromatic heterocycles. The van der Waals surface area contributed by atoms with Crippen molar-refractivity contribution in [2.75, 3.05) is 0 Å². The van der Waals surface area contributed by atoms with Gasteiger partial charge < -0.3 is 5.32 Å². The first-order valence-corrected chi connectivity index (χ1v) is 6.72. The summed E-state index contributed by atoms with van der Waals surface area (Å²) >= 11 is 1.63. The van der Waals surface area contributed by atoms with E-state index in [0.717, 1.165) is 24.9 Å². The summed E-state index contributed by atoms with van der Waals surface area (Å²) in [7, 11) is 0. The lowest BCUT2D eigenvalue weighted by molar-refractivity contribution is -0.129. The van der Waals surface area contributed by atoms with Crippen LogP contribution in [0.4, 0.5) is 0 Å². The predicted molar refractivity (Wildman–Crippen MR) is 69.2 cm³/mol. The third-order valence-electron chi connectivity index (χ3n) is 2.74. The molecule has 18 heavy (non-hydrogen) atoms. The summed E-state index contributed by atoms with van der Waals surface area (Å²) in [5, 5.41) is 6.95. The van der Waals surface area contributed by atoms with Crippen molar-refractivity contribution in [1.82, 2.24) is 10.6 Å². The first-order valence-electron chi connectivity index (χ1n) is 5.84.